The Morgan fingerprint density at radius 3 is 2.57 bits per heavy atom. The number of carbonyl (C=O) groups is 2. The van der Waals surface area contributed by atoms with E-state index >= 15 is 0 Å². The summed E-state index contributed by atoms with van der Waals surface area (Å²) in [6.07, 6.45) is 3.92. The molecule has 0 fully saturated rings. The number of fused-ring (bicyclic) bond motifs is 1. The molecule has 146 valence electrons. The van der Waals surface area contributed by atoms with Crippen LogP contribution in [0.25, 0.3) is 5.52 Å². The lowest BCUT2D eigenvalue weighted by molar-refractivity contribution is 0.0942. The second-order valence-electron chi connectivity index (χ2n) is 6.45. The molecule has 2 N–H and O–H groups in total. The van der Waals surface area contributed by atoms with E-state index in [1.807, 2.05) is 6.92 Å². The first-order valence-corrected chi connectivity index (χ1v) is 9.38. The maximum atomic E-state index is 13.7. The summed E-state index contributed by atoms with van der Waals surface area (Å²) >= 11 is 0. The van der Waals surface area contributed by atoms with Crippen LogP contribution in [-0.2, 0) is 6.42 Å². The Morgan fingerprint density at radius 1 is 1.04 bits per heavy atom. The number of benzene rings is 1. The summed E-state index contributed by atoms with van der Waals surface area (Å²) in [5.74, 6) is -0.839. The molecule has 28 heavy (non-hydrogen) atoms. The van der Waals surface area contributed by atoms with Crippen molar-refractivity contribution >= 4 is 17.3 Å². The molecule has 0 saturated carbocycles. The maximum Gasteiger partial charge on any atom is 0.287 e. The molecule has 0 saturated heterocycles. The van der Waals surface area contributed by atoms with Gasteiger partial charge in [-0.2, -0.15) is 0 Å². The van der Waals surface area contributed by atoms with Gasteiger partial charge in [-0.15, -0.1) is 0 Å². The van der Waals surface area contributed by atoms with E-state index in [9.17, 15) is 14.0 Å². The first-order chi connectivity index (χ1) is 13.6. The minimum atomic E-state index is -0.396. The van der Waals surface area contributed by atoms with Crippen LogP contribution in [-0.4, -0.2) is 34.3 Å². The van der Waals surface area contributed by atoms with E-state index in [-0.39, 0.29) is 29.8 Å². The van der Waals surface area contributed by atoms with Crippen LogP contribution in [0.3, 0.4) is 0 Å². The Kier molecular flexibility index (Phi) is 6.37. The van der Waals surface area contributed by atoms with Crippen molar-refractivity contribution < 1.29 is 14.0 Å². The van der Waals surface area contributed by atoms with Gasteiger partial charge in [-0.3, -0.25) is 14.0 Å². The van der Waals surface area contributed by atoms with E-state index in [0.717, 1.165) is 12.8 Å². The van der Waals surface area contributed by atoms with E-state index in [1.54, 1.807) is 47.0 Å². The molecule has 7 heteroatoms. The van der Waals surface area contributed by atoms with Crippen molar-refractivity contribution in [3.05, 3.63) is 71.6 Å². The molecule has 2 heterocycles. The van der Waals surface area contributed by atoms with Crippen LogP contribution < -0.4 is 10.6 Å². The number of rotatable bonds is 8. The molecule has 0 atom stereocenters. The third-order valence-corrected chi connectivity index (χ3v) is 4.42. The van der Waals surface area contributed by atoms with Crippen molar-refractivity contribution in [1.29, 1.82) is 0 Å². The normalized spacial score (nSPS) is 10.8. The van der Waals surface area contributed by atoms with Crippen LogP contribution in [0, 0.1) is 5.82 Å². The van der Waals surface area contributed by atoms with Gasteiger partial charge in [-0.05, 0) is 36.6 Å². The quantitative estimate of drug-likeness (QED) is 0.588. The summed E-state index contributed by atoms with van der Waals surface area (Å²) in [4.78, 5) is 29.3. The van der Waals surface area contributed by atoms with Gasteiger partial charge in [0, 0.05) is 19.3 Å². The molecule has 1 aromatic carbocycles. The van der Waals surface area contributed by atoms with Gasteiger partial charge in [-0.1, -0.05) is 37.6 Å². The second-order valence-corrected chi connectivity index (χ2v) is 6.45. The van der Waals surface area contributed by atoms with Gasteiger partial charge in [-0.25, -0.2) is 9.37 Å². The molecule has 2 amide bonds. The average Bonchev–Trinajstić information content (AvgIpc) is 3.09. The van der Waals surface area contributed by atoms with Gasteiger partial charge < -0.3 is 10.6 Å². The summed E-state index contributed by atoms with van der Waals surface area (Å²) in [6, 6.07) is 11.8. The number of halogens is 1. The zero-order valence-electron chi connectivity index (χ0n) is 15.7. The first-order valence-electron chi connectivity index (χ1n) is 9.38. The lowest BCUT2D eigenvalue weighted by Gasteiger charge is -2.05. The molecule has 0 unspecified atom stereocenters. The van der Waals surface area contributed by atoms with Crippen molar-refractivity contribution in [2.75, 3.05) is 13.1 Å². The highest BCUT2D eigenvalue weighted by atomic mass is 19.1. The topological polar surface area (TPSA) is 75.5 Å². The number of unbranched alkanes of at least 4 members (excludes halogenated alkanes) is 1. The van der Waals surface area contributed by atoms with Gasteiger partial charge in [0.15, 0.2) is 5.69 Å². The van der Waals surface area contributed by atoms with Crippen molar-refractivity contribution in [2.45, 2.75) is 26.2 Å². The Morgan fingerprint density at radius 2 is 1.79 bits per heavy atom. The second kappa shape index (κ2) is 9.12. The Balaban J connectivity index is 1.74. The molecule has 0 bridgehead atoms. The zero-order chi connectivity index (χ0) is 19.9. The number of hydrogen-bond acceptors (Lipinski definition) is 3. The minimum Gasteiger partial charge on any atom is -0.350 e. The van der Waals surface area contributed by atoms with Crippen molar-refractivity contribution in [3.63, 3.8) is 0 Å². The summed E-state index contributed by atoms with van der Waals surface area (Å²) < 4.78 is 15.3. The highest BCUT2D eigenvalue weighted by molar-refractivity contribution is 6.02. The van der Waals surface area contributed by atoms with E-state index in [4.69, 9.17) is 0 Å². The monoisotopic (exact) mass is 382 g/mol. The smallest absolute Gasteiger partial charge is 0.287 e. The molecule has 3 rings (SSSR count). The van der Waals surface area contributed by atoms with Crippen LogP contribution in [0.2, 0.25) is 0 Å². The number of hydrogen-bond donors (Lipinski definition) is 2. The Bertz CT molecular complexity index is 983. The maximum absolute atomic E-state index is 13.7. The molecule has 6 nitrogen and oxygen atoms in total. The fraction of sp³-hybridized carbons (Fsp3) is 0.286. The van der Waals surface area contributed by atoms with Gasteiger partial charge in [0.25, 0.3) is 11.8 Å². The molecule has 0 aliphatic carbocycles. The summed E-state index contributed by atoms with van der Waals surface area (Å²) in [6.45, 7) is 2.87. The fourth-order valence-corrected chi connectivity index (χ4v) is 2.92. The van der Waals surface area contributed by atoms with Crippen LogP contribution in [0.15, 0.2) is 48.7 Å². The lowest BCUT2D eigenvalue weighted by atomic mass is 10.1. The SMILES string of the molecule is CCCCNC(=O)c1nc(C(=O)NCCc2ccccc2F)c2ccccn12. The standard InChI is InChI=1S/C21H23FN4O2/c1-2-3-12-23-21(28)19-25-18(17-10-6-7-14-26(17)19)20(27)24-13-11-15-8-4-5-9-16(15)22/h4-10,14H,2-3,11-13H2,1H3,(H,23,28)(H,24,27). The Hall–Kier alpha value is -3.22. The molecule has 2 aromatic heterocycles. The van der Waals surface area contributed by atoms with Gasteiger partial charge in [0.05, 0.1) is 5.52 Å². The summed E-state index contributed by atoms with van der Waals surface area (Å²) in [7, 11) is 0. The van der Waals surface area contributed by atoms with E-state index < -0.39 is 5.91 Å². The van der Waals surface area contributed by atoms with Gasteiger partial charge in [0.2, 0.25) is 5.82 Å². The number of nitrogens with zero attached hydrogens (tertiary/aromatic N) is 2. The molecular weight excluding hydrogens is 359 g/mol. The van der Waals surface area contributed by atoms with Crippen LogP contribution in [0.5, 0.6) is 0 Å². The van der Waals surface area contributed by atoms with Gasteiger partial charge >= 0.3 is 0 Å². The molecular formula is C21H23FN4O2. The highest BCUT2D eigenvalue weighted by Gasteiger charge is 2.21. The largest absolute Gasteiger partial charge is 0.350 e. The van der Waals surface area contributed by atoms with Crippen molar-refractivity contribution in [2.24, 2.45) is 0 Å². The minimum absolute atomic E-state index is 0.172. The number of amides is 2. The van der Waals surface area contributed by atoms with E-state index in [0.29, 0.717) is 24.0 Å². The predicted molar refractivity (Wildman–Crippen MR) is 105 cm³/mol. The van der Waals surface area contributed by atoms with Crippen LogP contribution in [0.1, 0.15) is 46.4 Å². The number of carbonyl (C=O) groups excluding carboxylic acids is 2. The lowest BCUT2D eigenvalue weighted by Crippen LogP contribution is -2.27. The molecule has 0 spiro atoms. The molecule has 3 aromatic rings. The third kappa shape index (κ3) is 4.36. The highest BCUT2D eigenvalue weighted by Crippen LogP contribution is 2.14. The zero-order valence-corrected chi connectivity index (χ0v) is 15.7. The Labute approximate surface area is 162 Å². The van der Waals surface area contributed by atoms with Crippen LogP contribution >= 0.6 is 0 Å². The number of pyridine rings is 1. The molecule has 0 aliphatic rings. The number of aromatic nitrogens is 2. The number of imidazole rings is 1. The fourth-order valence-electron chi connectivity index (χ4n) is 2.92. The van der Waals surface area contributed by atoms with E-state index in [1.165, 1.54) is 6.07 Å². The summed E-state index contributed by atoms with van der Waals surface area (Å²) in [5.41, 5.74) is 1.26. The first kappa shape index (κ1) is 19.5. The molecule has 0 radical (unpaired) electrons. The van der Waals surface area contributed by atoms with Crippen LogP contribution in [0.4, 0.5) is 4.39 Å². The van der Waals surface area contributed by atoms with Crippen molar-refractivity contribution in [1.82, 2.24) is 20.0 Å². The third-order valence-electron chi connectivity index (χ3n) is 4.42. The predicted octanol–water partition coefficient (Wildman–Crippen LogP) is 2.98. The number of nitrogens with one attached hydrogen (secondary N) is 2. The molecule has 0 aliphatic heterocycles. The van der Waals surface area contributed by atoms with Gasteiger partial charge in [0.1, 0.15) is 5.82 Å². The van der Waals surface area contributed by atoms with Crippen molar-refractivity contribution in [3.8, 4) is 0 Å². The van der Waals surface area contributed by atoms with E-state index in [2.05, 4.69) is 15.6 Å². The average molecular weight is 382 g/mol. The summed E-state index contributed by atoms with van der Waals surface area (Å²) in [5, 5.41) is 5.58.